The van der Waals surface area contributed by atoms with Crippen molar-refractivity contribution in [1.29, 1.82) is 0 Å². The predicted octanol–water partition coefficient (Wildman–Crippen LogP) is 1.83. The van der Waals surface area contributed by atoms with Gasteiger partial charge in [-0.05, 0) is 18.1 Å². The molecule has 0 unspecified atom stereocenters. The fourth-order valence-electron chi connectivity index (χ4n) is 1.26. The van der Waals surface area contributed by atoms with Crippen molar-refractivity contribution in [3.8, 4) is 0 Å². The SMILES string of the molecule is NS(=O)(=O)c1ccccc1CCC(F)(F)F. The molecular formula is C9H10F3NO2S. The number of primary sulfonamides is 1. The Kier molecular flexibility index (Phi) is 3.59. The van der Waals surface area contributed by atoms with E-state index in [4.69, 9.17) is 5.14 Å². The number of aryl methyl sites for hydroxylation is 1. The number of halogens is 3. The first-order chi connectivity index (χ1) is 7.20. The summed E-state index contributed by atoms with van der Waals surface area (Å²) in [5, 5.41) is 4.89. The molecule has 0 aliphatic rings. The van der Waals surface area contributed by atoms with Crippen LogP contribution in [0, 0.1) is 0 Å². The highest BCUT2D eigenvalue weighted by Gasteiger charge is 2.27. The van der Waals surface area contributed by atoms with Gasteiger partial charge in [0.2, 0.25) is 10.0 Å². The van der Waals surface area contributed by atoms with E-state index in [1.54, 1.807) is 0 Å². The topological polar surface area (TPSA) is 60.2 Å². The van der Waals surface area contributed by atoms with Crippen molar-refractivity contribution >= 4 is 10.0 Å². The molecule has 90 valence electrons. The first kappa shape index (κ1) is 13.0. The third-order valence-corrected chi connectivity index (χ3v) is 2.97. The Balaban J connectivity index is 2.97. The number of hydrogen-bond donors (Lipinski definition) is 1. The number of nitrogens with two attached hydrogens (primary N) is 1. The second-order valence-corrected chi connectivity index (χ2v) is 4.80. The average Bonchev–Trinajstić information content (AvgIpc) is 2.12. The Bertz CT molecular complexity index is 468. The lowest BCUT2D eigenvalue weighted by atomic mass is 10.1. The molecule has 1 rings (SSSR count). The summed E-state index contributed by atoms with van der Waals surface area (Å²) < 4.78 is 58.1. The third-order valence-electron chi connectivity index (χ3n) is 1.96. The molecule has 0 heterocycles. The molecule has 0 saturated carbocycles. The molecule has 0 atom stereocenters. The Hall–Kier alpha value is -1.08. The van der Waals surface area contributed by atoms with Crippen LogP contribution in [0.15, 0.2) is 29.2 Å². The quantitative estimate of drug-likeness (QED) is 0.893. The first-order valence-corrected chi connectivity index (χ1v) is 5.92. The van der Waals surface area contributed by atoms with E-state index >= 15 is 0 Å². The van der Waals surface area contributed by atoms with E-state index < -0.39 is 29.0 Å². The molecule has 0 saturated heterocycles. The Morgan fingerprint density at radius 2 is 1.75 bits per heavy atom. The number of sulfonamides is 1. The lowest BCUT2D eigenvalue weighted by Gasteiger charge is -2.09. The van der Waals surface area contributed by atoms with Gasteiger partial charge in [-0.3, -0.25) is 0 Å². The number of benzene rings is 1. The van der Waals surface area contributed by atoms with Crippen LogP contribution >= 0.6 is 0 Å². The van der Waals surface area contributed by atoms with Gasteiger partial charge in [-0.1, -0.05) is 18.2 Å². The molecule has 1 aromatic rings. The first-order valence-electron chi connectivity index (χ1n) is 4.37. The number of alkyl halides is 3. The minimum absolute atomic E-state index is 0.0855. The predicted molar refractivity (Wildman–Crippen MR) is 52.2 cm³/mol. The van der Waals surface area contributed by atoms with Crippen LogP contribution in [0.4, 0.5) is 13.2 Å². The maximum atomic E-state index is 12.0. The summed E-state index contributed by atoms with van der Waals surface area (Å²) in [6.45, 7) is 0. The normalized spacial score (nSPS) is 12.8. The highest BCUT2D eigenvalue weighted by Crippen LogP contribution is 2.24. The van der Waals surface area contributed by atoms with Gasteiger partial charge in [0.05, 0.1) is 4.90 Å². The molecule has 1 aromatic carbocycles. The summed E-state index contributed by atoms with van der Waals surface area (Å²) in [6, 6.07) is 5.41. The van der Waals surface area contributed by atoms with Gasteiger partial charge >= 0.3 is 6.18 Å². The smallest absolute Gasteiger partial charge is 0.225 e. The second kappa shape index (κ2) is 4.42. The average molecular weight is 253 g/mol. The van der Waals surface area contributed by atoms with Crippen LogP contribution in [0.3, 0.4) is 0 Å². The zero-order valence-electron chi connectivity index (χ0n) is 8.16. The molecule has 3 nitrogen and oxygen atoms in total. The summed E-state index contributed by atoms with van der Waals surface area (Å²) in [5.74, 6) is 0. The van der Waals surface area contributed by atoms with E-state index in [0.29, 0.717) is 0 Å². The molecule has 0 spiro atoms. The molecule has 0 radical (unpaired) electrons. The van der Waals surface area contributed by atoms with Crippen molar-refractivity contribution in [3.63, 3.8) is 0 Å². The molecule has 0 bridgehead atoms. The lowest BCUT2D eigenvalue weighted by molar-refractivity contribution is -0.134. The third kappa shape index (κ3) is 3.82. The summed E-state index contributed by atoms with van der Waals surface area (Å²) in [4.78, 5) is -0.251. The zero-order chi connectivity index (χ0) is 12.4. The van der Waals surface area contributed by atoms with Gasteiger partial charge in [0.15, 0.2) is 0 Å². The van der Waals surface area contributed by atoms with E-state index in [-0.39, 0.29) is 10.5 Å². The van der Waals surface area contributed by atoms with E-state index in [0.717, 1.165) is 0 Å². The minimum atomic E-state index is -4.31. The van der Waals surface area contributed by atoms with Crippen LogP contribution in [-0.4, -0.2) is 14.6 Å². The van der Waals surface area contributed by atoms with Crippen molar-refractivity contribution in [2.75, 3.05) is 0 Å². The van der Waals surface area contributed by atoms with Crippen LogP contribution in [0.1, 0.15) is 12.0 Å². The molecule has 0 amide bonds. The highest BCUT2D eigenvalue weighted by molar-refractivity contribution is 7.89. The van der Waals surface area contributed by atoms with Crippen molar-refractivity contribution < 1.29 is 21.6 Å². The van der Waals surface area contributed by atoms with E-state index in [9.17, 15) is 21.6 Å². The molecule has 16 heavy (non-hydrogen) atoms. The maximum absolute atomic E-state index is 12.0. The van der Waals surface area contributed by atoms with E-state index in [1.165, 1.54) is 24.3 Å². The van der Waals surface area contributed by atoms with Crippen LogP contribution in [0.2, 0.25) is 0 Å². The highest BCUT2D eigenvalue weighted by atomic mass is 32.2. The standard InChI is InChI=1S/C9H10F3NO2S/c10-9(11,12)6-5-7-3-1-2-4-8(7)16(13,14)15/h1-4H,5-6H2,(H2,13,14,15). The number of hydrogen-bond acceptors (Lipinski definition) is 2. The van der Waals surface area contributed by atoms with Crippen molar-refractivity contribution in [2.45, 2.75) is 23.9 Å². The minimum Gasteiger partial charge on any atom is -0.225 e. The zero-order valence-corrected chi connectivity index (χ0v) is 8.98. The Morgan fingerprint density at radius 1 is 1.19 bits per heavy atom. The van der Waals surface area contributed by atoms with E-state index in [2.05, 4.69) is 0 Å². The van der Waals surface area contributed by atoms with Crippen molar-refractivity contribution in [1.82, 2.24) is 0 Å². The van der Waals surface area contributed by atoms with Gasteiger partial charge in [-0.15, -0.1) is 0 Å². The maximum Gasteiger partial charge on any atom is 0.389 e. The molecule has 7 heteroatoms. The van der Waals surface area contributed by atoms with Gasteiger partial charge in [-0.25, -0.2) is 13.6 Å². The molecule has 0 fully saturated rings. The van der Waals surface area contributed by atoms with Crippen molar-refractivity contribution in [3.05, 3.63) is 29.8 Å². The largest absolute Gasteiger partial charge is 0.389 e. The van der Waals surface area contributed by atoms with Crippen LogP contribution < -0.4 is 5.14 Å². The van der Waals surface area contributed by atoms with Gasteiger partial charge in [0.1, 0.15) is 0 Å². The Labute approximate surface area is 91.1 Å². The summed E-state index contributed by atoms with van der Waals surface area (Å²) >= 11 is 0. The van der Waals surface area contributed by atoms with Crippen LogP contribution in [0.25, 0.3) is 0 Å². The second-order valence-electron chi connectivity index (χ2n) is 3.27. The van der Waals surface area contributed by atoms with Gasteiger partial charge < -0.3 is 0 Å². The molecule has 0 aliphatic carbocycles. The Morgan fingerprint density at radius 3 is 2.25 bits per heavy atom. The van der Waals surface area contributed by atoms with Crippen LogP contribution in [-0.2, 0) is 16.4 Å². The fourth-order valence-corrected chi connectivity index (χ4v) is 2.07. The summed E-state index contributed by atoms with van der Waals surface area (Å²) in [6.07, 6.45) is -5.78. The monoisotopic (exact) mass is 253 g/mol. The summed E-state index contributed by atoms with van der Waals surface area (Å²) in [5.41, 5.74) is 0.0855. The van der Waals surface area contributed by atoms with E-state index in [1.807, 2.05) is 0 Å². The molecule has 0 aromatic heterocycles. The lowest BCUT2D eigenvalue weighted by Crippen LogP contribution is -2.16. The molecule has 0 aliphatic heterocycles. The fraction of sp³-hybridized carbons (Fsp3) is 0.333. The van der Waals surface area contributed by atoms with Crippen LogP contribution in [0.5, 0.6) is 0 Å². The molecule has 2 N–H and O–H groups in total. The molecular weight excluding hydrogens is 243 g/mol. The van der Waals surface area contributed by atoms with Gasteiger partial charge in [-0.2, -0.15) is 13.2 Å². The van der Waals surface area contributed by atoms with Gasteiger partial charge in [0, 0.05) is 6.42 Å². The number of rotatable bonds is 3. The van der Waals surface area contributed by atoms with Gasteiger partial charge in [0.25, 0.3) is 0 Å². The summed E-state index contributed by atoms with van der Waals surface area (Å²) in [7, 11) is -3.97. The van der Waals surface area contributed by atoms with Crippen molar-refractivity contribution in [2.24, 2.45) is 5.14 Å².